The van der Waals surface area contributed by atoms with Crippen molar-refractivity contribution in [1.82, 2.24) is 5.32 Å². The van der Waals surface area contributed by atoms with E-state index in [2.05, 4.69) is 5.32 Å². The van der Waals surface area contributed by atoms with E-state index in [4.69, 9.17) is 10.8 Å². The smallest absolute Gasteiger partial charge is 0.305 e. The summed E-state index contributed by atoms with van der Waals surface area (Å²) in [5.41, 5.74) is 5.47. The molecular weight excluding hydrogens is 232 g/mol. The molecule has 0 radical (unpaired) electrons. The van der Waals surface area contributed by atoms with Gasteiger partial charge in [0.1, 0.15) is 0 Å². The standard InChI is InChI=1S/C13H26N2O3/c1-8(2)6-9(14)12(18)15-10(7-11(16)17)13(3,4)5/h8-10H,6-7,14H2,1-5H3,(H,15,18)(H,16,17). The zero-order valence-electron chi connectivity index (χ0n) is 12.0. The van der Waals surface area contributed by atoms with E-state index in [-0.39, 0.29) is 17.7 Å². The van der Waals surface area contributed by atoms with Gasteiger partial charge in [0.15, 0.2) is 0 Å². The first kappa shape index (κ1) is 16.9. The first-order valence-corrected chi connectivity index (χ1v) is 6.31. The van der Waals surface area contributed by atoms with Crippen LogP contribution in [0.25, 0.3) is 0 Å². The van der Waals surface area contributed by atoms with Crippen LogP contribution in [0.15, 0.2) is 0 Å². The molecule has 0 saturated carbocycles. The van der Waals surface area contributed by atoms with Gasteiger partial charge in [-0.15, -0.1) is 0 Å². The number of rotatable bonds is 6. The van der Waals surface area contributed by atoms with E-state index in [9.17, 15) is 9.59 Å². The molecule has 18 heavy (non-hydrogen) atoms. The number of hydrogen-bond donors (Lipinski definition) is 3. The lowest BCUT2D eigenvalue weighted by Crippen LogP contribution is -2.51. The lowest BCUT2D eigenvalue weighted by Gasteiger charge is -2.31. The highest BCUT2D eigenvalue weighted by atomic mass is 16.4. The zero-order valence-corrected chi connectivity index (χ0v) is 12.0. The summed E-state index contributed by atoms with van der Waals surface area (Å²) in [7, 11) is 0. The molecule has 0 fully saturated rings. The summed E-state index contributed by atoms with van der Waals surface area (Å²) in [6, 6.07) is -0.996. The Kier molecular flexibility index (Phi) is 6.32. The number of aliphatic carboxylic acids is 1. The zero-order chi connectivity index (χ0) is 14.5. The monoisotopic (exact) mass is 258 g/mol. The number of hydrogen-bond acceptors (Lipinski definition) is 3. The Bertz CT molecular complexity index is 295. The average Bonchev–Trinajstić information content (AvgIpc) is 2.13. The maximum atomic E-state index is 11.9. The number of carbonyl (C=O) groups excluding carboxylic acids is 1. The Balaban J connectivity index is 4.58. The highest BCUT2D eigenvalue weighted by molar-refractivity contribution is 5.82. The number of nitrogens with two attached hydrogens (primary N) is 1. The fourth-order valence-electron chi connectivity index (χ4n) is 1.64. The van der Waals surface area contributed by atoms with Crippen molar-refractivity contribution in [3.63, 3.8) is 0 Å². The van der Waals surface area contributed by atoms with Gasteiger partial charge in [0, 0.05) is 6.04 Å². The van der Waals surface area contributed by atoms with Crippen LogP contribution in [0.4, 0.5) is 0 Å². The van der Waals surface area contributed by atoms with Gasteiger partial charge in [-0.2, -0.15) is 0 Å². The largest absolute Gasteiger partial charge is 0.481 e. The van der Waals surface area contributed by atoms with Gasteiger partial charge in [0.2, 0.25) is 5.91 Å². The Labute approximate surface area is 109 Å². The minimum Gasteiger partial charge on any atom is -0.481 e. The van der Waals surface area contributed by atoms with Crippen LogP contribution < -0.4 is 11.1 Å². The summed E-state index contributed by atoms with van der Waals surface area (Å²) in [5, 5.41) is 11.6. The van der Waals surface area contributed by atoms with Crippen LogP contribution in [0.3, 0.4) is 0 Å². The predicted octanol–water partition coefficient (Wildman–Crippen LogP) is 1.37. The molecule has 0 aliphatic heterocycles. The van der Waals surface area contributed by atoms with Crippen LogP contribution in [0.2, 0.25) is 0 Å². The molecule has 1 amide bonds. The molecule has 0 saturated heterocycles. The Hall–Kier alpha value is -1.10. The summed E-state index contributed by atoms with van der Waals surface area (Å²) in [6.45, 7) is 9.68. The van der Waals surface area contributed by atoms with Gasteiger partial charge in [0.25, 0.3) is 0 Å². The summed E-state index contributed by atoms with van der Waals surface area (Å²) >= 11 is 0. The second-order valence-corrected chi connectivity index (χ2v) is 6.26. The van der Waals surface area contributed by atoms with Crippen LogP contribution in [-0.4, -0.2) is 29.1 Å². The highest BCUT2D eigenvalue weighted by Gasteiger charge is 2.29. The van der Waals surface area contributed by atoms with Crippen molar-refractivity contribution in [3.05, 3.63) is 0 Å². The molecule has 0 aliphatic carbocycles. The molecule has 0 bridgehead atoms. The van der Waals surface area contributed by atoms with Crippen molar-refractivity contribution in [2.24, 2.45) is 17.1 Å². The molecule has 0 rings (SSSR count). The van der Waals surface area contributed by atoms with Gasteiger partial charge in [-0.25, -0.2) is 0 Å². The van der Waals surface area contributed by atoms with E-state index in [0.717, 1.165) is 0 Å². The SMILES string of the molecule is CC(C)CC(N)C(=O)NC(CC(=O)O)C(C)(C)C. The van der Waals surface area contributed by atoms with E-state index in [1.807, 2.05) is 34.6 Å². The van der Waals surface area contributed by atoms with E-state index >= 15 is 0 Å². The van der Waals surface area contributed by atoms with E-state index in [1.54, 1.807) is 0 Å². The fraction of sp³-hybridized carbons (Fsp3) is 0.846. The summed E-state index contributed by atoms with van der Waals surface area (Å²) in [5.74, 6) is -0.865. The number of amides is 1. The minimum atomic E-state index is -0.923. The van der Waals surface area contributed by atoms with Crippen LogP contribution in [-0.2, 0) is 9.59 Å². The highest BCUT2D eigenvalue weighted by Crippen LogP contribution is 2.22. The molecule has 0 heterocycles. The van der Waals surface area contributed by atoms with E-state index < -0.39 is 18.1 Å². The summed E-state index contributed by atoms with van der Waals surface area (Å²) in [6.07, 6.45) is 0.499. The van der Waals surface area contributed by atoms with Crippen molar-refractivity contribution < 1.29 is 14.7 Å². The third kappa shape index (κ3) is 6.59. The van der Waals surface area contributed by atoms with Crippen LogP contribution in [0.1, 0.15) is 47.5 Å². The maximum Gasteiger partial charge on any atom is 0.305 e. The Morgan fingerprint density at radius 2 is 1.78 bits per heavy atom. The quantitative estimate of drug-likeness (QED) is 0.671. The first-order valence-electron chi connectivity index (χ1n) is 6.31. The summed E-state index contributed by atoms with van der Waals surface area (Å²) < 4.78 is 0. The topological polar surface area (TPSA) is 92.4 Å². The van der Waals surface area contributed by atoms with Gasteiger partial charge in [-0.05, 0) is 17.8 Å². The van der Waals surface area contributed by atoms with Gasteiger partial charge < -0.3 is 16.2 Å². The third-order valence-electron chi connectivity index (χ3n) is 2.80. The summed E-state index contributed by atoms with van der Waals surface area (Å²) in [4.78, 5) is 22.7. The maximum absolute atomic E-state index is 11.9. The van der Waals surface area contributed by atoms with E-state index in [0.29, 0.717) is 12.3 Å². The number of carboxylic acids is 1. The Morgan fingerprint density at radius 3 is 2.11 bits per heavy atom. The number of carboxylic acid groups (broad SMARTS) is 1. The molecule has 0 aromatic heterocycles. The molecule has 4 N–H and O–H groups in total. The molecular formula is C13H26N2O3. The third-order valence-corrected chi connectivity index (χ3v) is 2.80. The van der Waals surface area contributed by atoms with Crippen molar-refractivity contribution in [3.8, 4) is 0 Å². The molecule has 0 aromatic carbocycles. The second kappa shape index (κ2) is 6.73. The molecule has 106 valence electrons. The lowest BCUT2D eigenvalue weighted by atomic mass is 9.84. The molecule has 0 aliphatic rings. The fourth-order valence-corrected chi connectivity index (χ4v) is 1.64. The van der Waals surface area contributed by atoms with Crippen molar-refractivity contribution in [2.45, 2.75) is 59.5 Å². The lowest BCUT2D eigenvalue weighted by molar-refractivity contribution is -0.138. The van der Waals surface area contributed by atoms with Gasteiger partial charge in [0.05, 0.1) is 12.5 Å². The normalized spacial score (nSPS) is 15.3. The molecule has 0 spiro atoms. The van der Waals surface area contributed by atoms with Gasteiger partial charge in [-0.3, -0.25) is 9.59 Å². The predicted molar refractivity (Wildman–Crippen MR) is 71.1 cm³/mol. The number of carbonyl (C=O) groups is 2. The molecule has 5 nitrogen and oxygen atoms in total. The van der Waals surface area contributed by atoms with Crippen LogP contribution in [0, 0.1) is 11.3 Å². The van der Waals surface area contributed by atoms with Crippen molar-refractivity contribution in [1.29, 1.82) is 0 Å². The number of nitrogens with one attached hydrogen (secondary N) is 1. The van der Waals surface area contributed by atoms with E-state index in [1.165, 1.54) is 0 Å². The van der Waals surface area contributed by atoms with Crippen LogP contribution in [0.5, 0.6) is 0 Å². The molecule has 0 aromatic rings. The second-order valence-electron chi connectivity index (χ2n) is 6.26. The molecule has 5 heteroatoms. The van der Waals surface area contributed by atoms with Crippen molar-refractivity contribution >= 4 is 11.9 Å². The Morgan fingerprint density at radius 1 is 1.28 bits per heavy atom. The molecule has 2 atom stereocenters. The average molecular weight is 258 g/mol. The van der Waals surface area contributed by atoms with Gasteiger partial charge >= 0.3 is 5.97 Å². The van der Waals surface area contributed by atoms with Crippen molar-refractivity contribution in [2.75, 3.05) is 0 Å². The first-order chi connectivity index (χ1) is 8.04. The molecule has 2 unspecified atom stereocenters. The van der Waals surface area contributed by atoms with Crippen LogP contribution >= 0.6 is 0 Å². The van der Waals surface area contributed by atoms with Gasteiger partial charge in [-0.1, -0.05) is 34.6 Å². The minimum absolute atomic E-state index is 0.0936.